The fourth-order valence-corrected chi connectivity index (χ4v) is 8.15. The van der Waals surface area contributed by atoms with E-state index in [0.29, 0.717) is 25.7 Å². The fourth-order valence-electron chi connectivity index (χ4n) is 6.61. The number of hydrogen-bond acceptors (Lipinski definition) is 14. The summed E-state index contributed by atoms with van der Waals surface area (Å²) in [6, 6.07) is 0. The van der Waals surface area contributed by atoms with Crippen LogP contribution in [0, 0.1) is 0 Å². The minimum absolute atomic E-state index is 0.0119. The maximum Gasteiger partial charge on any atom is 0.472 e. The van der Waals surface area contributed by atoms with E-state index < -0.39 is 89.6 Å². The number of carbonyl (C=O) groups excluding carboxylic acids is 2. The van der Waals surface area contributed by atoms with Crippen LogP contribution >= 0.6 is 15.6 Å². The number of ether oxygens (including phenoxy) is 2. The Morgan fingerprint density at radius 3 is 1.64 bits per heavy atom. The number of unbranched alkanes of at least 4 members (excludes halogenated alkanes) is 7. The van der Waals surface area contributed by atoms with E-state index in [1.165, 1.54) is 19.3 Å². The lowest BCUT2D eigenvalue weighted by Crippen LogP contribution is -2.64. The van der Waals surface area contributed by atoms with Crippen molar-refractivity contribution < 1.29 is 82.0 Å². The average Bonchev–Trinajstić information content (AvgIpc) is 3.31. The zero-order chi connectivity index (χ0) is 51.9. The summed E-state index contributed by atoms with van der Waals surface area (Å²) in [4.78, 5) is 54.3. The van der Waals surface area contributed by atoms with Gasteiger partial charge in [-0.1, -0.05) is 149 Å². The van der Waals surface area contributed by atoms with Gasteiger partial charge < -0.3 is 49.7 Å². The van der Waals surface area contributed by atoms with Crippen LogP contribution < -0.4 is 0 Å². The number of aliphatic hydroxyl groups is 5. The van der Waals surface area contributed by atoms with Gasteiger partial charge in [0.1, 0.15) is 43.2 Å². The van der Waals surface area contributed by atoms with Gasteiger partial charge in [-0.2, -0.15) is 0 Å². The number of esters is 2. The van der Waals surface area contributed by atoms with Crippen LogP contribution in [0.5, 0.6) is 0 Å². The lowest BCUT2D eigenvalue weighted by molar-refractivity contribution is -0.216. The van der Waals surface area contributed by atoms with E-state index in [0.717, 1.165) is 64.2 Å². The Labute approximate surface area is 415 Å². The molecular formula is C51H82O17P2. The zero-order valence-corrected chi connectivity index (χ0v) is 42.8. The van der Waals surface area contributed by atoms with Crippen molar-refractivity contribution >= 4 is 27.6 Å². The van der Waals surface area contributed by atoms with Crippen molar-refractivity contribution in [2.45, 2.75) is 185 Å². The van der Waals surface area contributed by atoms with Gasteiger partial charge in [-0.25, -0.2) is 9.13 Å². The molecule has 0 aliphatic heterocycles. The summed E-state index contributed by atoms with van der Waals surface area (Å²) >= 11 is 0. The Morgan fingerprint density at radius 2 is 1.07 bits per heavy atom. The third kappa shape index (κ3) is 34.1. The first-order valence-electron chi connectivity index (χ1n) is 24.5. The molecule has 1 rings (SSSR count). The summed E-state index contributed by atoms with van der Waals surface area (Å²) in [5.41, 5.74) is 0. The molecule has 0 heterocycles. The maximum atomic E-state index is 13.0. The Bertz CT molecular complexity index is 1780. The number of rotatable bonds is 39. The topological polar surface area (TPSA) is 276 Å². The summed E-state index contributed by atoms with van der Waals surface area (Å²) in [5, 5.41) is 51.1. The summed E-state index contributed by atoms with van der Waals surface area (Å²) in [6.07, 6.45) is 35.2. The Kier molecular flexibility index (Phi) is 37.1. The number of carbonyl (C=O) groups is 2. The highest BCUT2D eigenvalue weighted by Gasteiger charge is 2.54. The molecule has 70 heavy (non-hydrogen) atoms. The minimum Gasteiger partial charge on any atom is -0.462 e. The molecule has 6 unspecified atom stereocenters. The molecule has 0 radical (unpaired) electrons. The summed E-state index contributed by atoms with van der Waals surface area (Å²) in [6.45, 7) is 2.78. The second-order valence-electron chi connectivity index (χ2n) is 16.6. The second kappa shape index (κ2) is 40.1. The number of aliphatic hydroxyl groups excluding tert-OH is 5. The molecule has 1 saturated carbocycles. The van der Waals surface area contributed by atoms with Gasteiger partial charge in [-0.15, -0.1) is 0 Å². The number of phosphoric acid groups is 2. The van der Waals surface area contributed by atoms with Crippen LogP contribution in [0.4, 0.5) is 0 Å². The Morgan fingerprint density at radius 1 is 0.543 bits per heavy atom. The first-order valence-corrected chi connectivity index (χ1v) is 27.6. The van der Waals surface area contributed by atoms with E-state index in [-0.39, 0.29) is 12.8 Å². The minimum atomic E-state index is -5.39. The van der Waals surface area contributed by atoms with Gasteiger partial charge in [0.25, 0.3) is 0 Å². The average molecular weight is 1030 g/mol. The highest BCUT2D eigenvalue weighted by Crippen LogP contribution is 2.49. The highest BCUT2D eigenvalue weighted by molar-refractivity contribution is 7.47. The molecule has 0 aromatic heterocycles. The monoisotopic (exact) mass is 1030 g/mol. The standard InChI is InChI=1S/C51H82O17P2/c1-3-5-7-8-9-10-11-12-13-14-15-18-22-25-28-31-35-39-45(54)66-43(41-65-70(62,63)68-51-48(57)46(55)47(56)50(49(51)58)67-69(59,60)61)40-64-44(53)38-34-30-27-24-21-19-16-17-20-23-26-29-33-37-42(52)36-32-6-4-2/h6,9-10,12-13,15,17-21,26-27,29-30,32-33,37,42-43,46-52,55-58H,3-5,7-8,11,14,16,22-25,28,31,34-36,38-41H2,1-2H3,(H,62,63)(H2,59,60,61)/b10-9-,13-12-,18-15-,20-17-,21-19-,29-26+,30-27-,32-6-,37-33+/t42?,43-,46?,47?,48?,49?,50-,51+/m1/s1. The molecule has 1 aliphatic carbocycles. The molecule has 0 aromatic carbocycles. The van der Waals surface area contributed by atoms with Gasteiger partial charge in [0, 0.05) is 12.8 Å². The van der Waals surface area contributed by atoms with E-state index in [1.54, 1.807) is 12.2 Å². The Balaban J connectivity index is 2.66. The van der Waals surface area contributed by atoms with Crippen molar-refractivity contribution in [3.63, 3.8) is 0 Å². The Hall–Kier alpha value is -3.38. The molecule has 0 aromatic rings. The van der Waals surface area contributed by atoms with Gasteiger partial charge in [0.05, 0.1) is 12.7 Å². The first-order chi connectivity index (χ1) is 33.5. The van der Waals surface area contributed by atoms with E-state index >= 15 is 0 Å². The molecule has 8 N–H and O–H groups in total. The maximum absolute atomic E-state index is 13.0. The molecule has 9 atom stereocenters. The van der Waals surface area contributed by atoms with Crippen LogP contribution in [0.2, 0.25) is 0 Å². The van der Waals surface area contributed by atoms with Gasteiger partial charge in [-0.05, 0) is 83.5 Å². The number of allylic oxidation sites excluding steroid dienone is 16. The van der Waals surface area contributed by atoms with Gasteiger partial charge in [0.2, 0.25) is 0 Å². The molecule has 398 valence electrons. The SMILES string of the molecule is CC/C=C\CC(O)/C=C/C=C/C/C=C\C/C=C\C/C=C\CCC(=O)OC[C@H](COP(=O)(O)O[C@H]1C(O)C(O)C(O)[C@@H](OP(=O)(O)O)C1O)OC(=O)CCCCCC/C=C\C/C=C\C/C=C\CCCCC. The van der Waals surface area contributed by atoms with Crippen molar-refractivity contribution in [1.29, 1.82) is 0 Å². The quantitative estimate of drug-likeness (QED) is 0.00940. The van der Waals surface area contributed by atoms with Gasteiger partial charge in [0.15, 0.2) is 6.10 Å². The van der Waals surface area contributed by atoms with Crippen LogP contribution in [0.15, 0.2) is 109 Å². The van der Waals surface area contributed by atoms with Crippen molar-refractivity contribution in [3.8, 4) is 0 Å². The van der Waals surface area contributed by atoms with Crippen molar-refractivity contribution in [2.24, 2.45) is 0 Å². The molecule has 0 bridgehead atoms. The molecule has 17 nitrogen and oxygen atoms in total. The third-order valence-electron chi connectivity index (χ3n) is 10.4. The van der Waals surface area contributed by atoms with Crippen molar-refractivity contribution in [2.75, 3.05) is 13.2 Å². The largest absolute Gasteiger partial charge is 0.472 e. The first kappa shape index (κ1) is 64.6. The molecule has 0 amide bonds. The van der Waals surface area contributed by atoms with Gasteiger partial charge >= 0.3 is 27.6 Å². The fraction of sp³-hybridized carbons (Fsp3) is 0.608. The predicted octanol–water partition coefficient (Wildman–Crippen LogP) is 8.70. The molecule has 0 spiro atoms. The lowest BCUT2D eigenvalue weighted by atomic mass is 9.85. The van der Waals surface area contributed by atoms with E-state index in [1.807, 2.05) is 67.7 Å². The molecule has 1 aliphatic rings. The summed E-state index contributed by atoms with van der Waals surface area (Å²) < 4.78 is 49.3. The summed E-state index contributed by atoms with van der Waals surface area (Å²) in [7, 11) is -10.7. The molecule has 0 saturated heterocycles. The third-order valence-corrected chi connectivity index (χ3v) is 11.9. The normalized spacial score (nSPS) is 22.4. The smallest absolute Gasteiger partial charge is 0.462 e. The van der Waals surface area contributed by atoms with Crippen molar-refractivity contribution in [1.82, 2.24) is 0 Å². The lowest BCUT2D eigenvalue weighted by Gasteiger charge is -2.43. The van der Waals surface area contributed by atoms with Crippen LogP contribution in [0.3, 0.4) is 0 Å². The van der Waals surface area contributed by atoms with Crippen LogP contribution in [0.25, 0.3) is 0 Å². The highest BCUT2D eigenvalue weighted by atomic mass is 31.2. The number of phosphoric ester groups is 2. The van der Waals surface area contributed by atoms with Crippen molar-refractivity contribution in [3.05, 3.63) is 109 Å². The predicted molar refractivity (Wildman–Crippen MR) is 270 cm³/mol. The van der Waals surface area contributed by atoms with E-state index in [9.17, 15) is 58.9 Å². The number of hydrogen-bond donors (Lipinski definition) is 8. The molecular weight excluding hydrogens is 946 g/mol. The van der Waals surface area contributed by atoms with Crippen LogP contribution in [-0.2, 0) is 41.8 Å². The second-order valence-corrected chi connectivity index (χ2v) is 19.2. The van der Waals surface area contributed by atoms with E-state index in [4.69, 9.17) is 18.5 Å². The summed E-state index contributed by atoms with van der Waals surface area (Å²) in [5.74, 6) is -1.36. The van der Waals surface area contributed by atoms with E-state index in [2.05, 4.69) is 47.9 Å². The molecule has 19 heteroatoms. The van der Waals surface area contributed by atoms with Gasteiger partial charge in [-0.3, -0.25) is 23.2 Å². The zero-order valence-electron chi connectivity index (χ0n) is 41.0. The molecule has 1 fully saturated rings. The van der Waals surface area contributed by atoms with Crippen LogP contribution in [-0.4, -0.2) is 114 Å². The van der Waals surface area contributed by atoms with Crippen LogP contribution in [0.1, 0.15) is 136 Å².